The van der Waals surface area contributed by atoms with Crippen LogP contribution in [-0.2, 0) is 9.53 Å². The van der Waals surface area contributed by atoms with Crippen LogP contribution in [0.2, 0.25) is 0 Å². The molecule has 22 heavy (non-hydrogen) atoms. The number of hydrogen-bond donors (Lipinski definition) is 0. The van der Waals surface area contributed by atoms with E-state index in [9.17, 15) is 9.59 Å². The molecule has 1 aromatic carbocycles. The largest absolute Gasteiger partial charge is 0.465 e. The van der Waals surface area contributed by atoms with Crippen molar-refractivity contribution in [2.24, 2.45) is 0 Å². The molecule has 0 N–H and O–H groups in total. The average molecular weight is 298 g/mol. The quantitative estimate of drug-likeness (QED) is 0.479. The second kappa shape index (κ2) is 6.89. The van der Waals surface area contributed by atoms with Crippen LogP contribution in [0.1, 0.15) is 34.2 Å². The van der Waals surface area contributed by atoms with Gasteiger partial charge in [-0.05, 0) is 56.2 Å². The predicted octanol–water partition coefficient (Wildman–Crippen LogP) is 3.72. The first-order chi connectivity index (χ1) is 10.5. The van der Waals surface area contributed by atoms with Gasteiger partial charge < -0.3 is 9.15 Å². The third kappa shape index (κ3) is 3.95. The molecule has 0 radical (unpaired) electrons. The minimum Gasteiger partial charge on any atom is -0.465 e. The average Bonchev–Trinajstić information content (AvgIpc) is 3.00. The molecule has 0 aliphatic rings. The number of carbonyl (C=O) groups excluding carboxylic acids is 2. The van der Waals surface area contributed by atoms with Crippen molar-refractivity contribution in [3.8, 4) is 0 Å². The Morgan fingerprint density at radius 3 is 2.59 bits per heavy atom. The third-order valence-corrected chi connectivity index (χ3v) is 3.38. The number of benzene rings is 1. The number of ketones is 1. The van der Waals surface area contributed by atoms with Crippen LogP contribution in [0.3, 0.4) is 0 Å². The molecule has 0 fully saturated rings. The molecule has 0 unspecified atom stereocenters. The Bertz CT molecular complexity index is 696. The Hall–Kier alpha value is -2.62. The fourth-order valence-electron chi connectivity index (χ4n) is 1.93. The van der Waals surface area contributed by atoms with Gasteiger partial charge in [0, 0.05) is 11.6 Å². The van der Waals surface area contributed by atoms with E-state index in [4.69, 9.17) is 9.15 Å². The molecular weight excluding hydrogens is 280 g/mol. The lowest BCUT2D eigenvalue weighted by Crippen LogP contribution is -2.23. The molecule has 4 heteroatoms. The molecule has 0 spiro atoms. The minimum absolute atomic E-state index is 0.220. The van der Waals surface area contributed by atoms with Crippen LogP contribution in [0.15, 0.2) is 47.1 Å². The van der Waals surface area contributed by atoms with Crippen molar-refractivity contribution in [2.75, 3.05) is 0 Å². The highest BCUT2D eigenvalue weighted by Crippen LogP contribution is 2.13. The highest BCUT2D eigenvalue weighted by atomic mass is 16.5. The fourth-order valence-corrected chi connectivity index (χ4v) is 1.93. The molecule has 0 aliphatic heterocycles. The Balaban J connectivity index is 1.98. The summed E-state index contributed by atoms with van der Waals surface area (Å²) >= 11 is 0. The second-order valence-corrected chi connectivity index (χ2v) is 5.09. The van der Waals surface area contributed by atoms with Gasteiger partial charge in [-0.3, -0.25) is 4.79 Å². The molecule has 0 aliphatic carbocycles. The monoisotopic (exact) mass is 298 g/mol. The standard InChI is InChI=1S/C18H18O4/c1-12-6-7-15(11-13(12)2)18(20)14(3)22-17(19)9-8-16-5-4-10-21-16/h4-11,14H,1-3H3/b9-8+/t14-/m0/s1. The molecule has 0 amide bonds. The van der Waals surface area contributed by atoms with Crippen LogP contribution < -0.4 is 0 Å². The number of Topliss-reactive ketones (excluding diaryl/α,β-unsaturated/α-hetero) is 1. The van der Waals surface area contributed by atoms with Gasteiger partial charge in [-0.2, -0.15) is 0 Å². The number of carbonyl (C=O) groups is 2. The van der Waals surface area contributed by atoms with Gasteiger partial charge in [-0.1, -0.05) is 12.1 Å². The summed E-state index contributed by atoms with van der Waals surface area (Å²) in [7, 11) is 0. The SMILES string of the molecule is Cc1ccc(C(=O)[C@H](C)OC(=O)/C=C/c2ccco2)cc1C. The lowest BCUT2D eigenvalue weighted by molar-refractivity contribution is -0.140. The van der Waals surface area contributed by atoms with Crippen molar-refractivity contribution in [1.29, 1.82) is 0 Å². The van der Waals surface area contributed by atoms with Gasteiger partial charge in [0.15, 0.2) is 6.10 Å². The van der Waals surface area contributed by atoms with Gasteiger partial charge in [-0.25, -0.2) is 4.79 Å². The normalized spacial score (nSPS) is 12.3. The van der Waals surface area contributed by atoms with Crippen molar-refractivity contribution >= 4 is 17.8 Å². The molecule has 4 nitrogen and oxygen atoms in total. The van der Waals surface area contributed by atoms with Gasteiger partial charge in [0.05, 0.1) is 6.26 Å². The molecule has 114 valence electrons. The van der Waals surface area contributed by atoms with E-state index in [-0.39, 0.29) is 5.78 Å². The van der Waals surface area contributed by atoms with Gasteiger partial charge in [0.2, 0.25) is 5.78 Å². The second-order valence-electron chi connectivity index (χ2n) is 5.09. The topological polar surface area (TPSA) is 56.5 Å². The summed E-state index contributed by atoms with van der Waals surface area (Å²) in [5.41, 5.74) is 2.68. The van der Waals surface area contributed by atoms with E-state index in [0.29, 0.717) is 11.3 Å². The number of esters is 1. The smallest absolute Gasteiger partial charge is 0.331 e. The van der Waals surface area contributed by atoms with Gasteiger partial charge in [0.25, 0.3) is 0 Å². The molecule has 2 rings (SSSR count). The van der Waals surface area contributed by atoms with E-state index in [1.54, 1.807) is 31.2 Å². The third-order valence-electron chi connectivity index (χ3n) is 3.38. The first-order valence-electron chi connectivity index (χ1n) is 7.01. The Morgan fingerprint density at radius 1 is 1.18 bits per heavy atom. The number of furan rings is 1. The zero-order chi connectivity index (χ0) is 16.1. The molecule has 1 atom stereocenters. The van der Waals surface area contributed by atoms with E-state index >= 15 is 0 Å². The highest BCUT2D eigenvalue weighted by molar-refractivity contribution is 6.01. The number of ether oxygens (including phenoxy) is 1. The first-order valence-corrected chi connectivity index (χ1v) is 7.01. The molecular formula is C18H18O4. The summed E-state index contributed by atoms with van der Waals surface area (Å²) in [6, 6.07) is 8.87. The van der Waals surface area contributed by atoms with Crippen molar-refractivity contribution < 1.29 is 18.7 Å². The Morgan fingerprint density at radius 2 is 1.95 bits per heavy atom. The van der Waals surface area contributed by atoms with Crippen molar-refractivity contribution in [1.82, 2.24) is 0 Å². The maximum Gasteiger partial charge on any atom is 0.331 e. The highest BCUT2D eigenvalue weighted by Gasteiger charge is 2.18. The van der Waals surface area contributed by atoms with Crippen LogP contribution in [0.25, 0.3) is 6.08 Å². The summed E-state index contributed by atoms with van der Waals surface area (Å²) in [6.07, 6.45) is 3.41. The fraction of sp³-hybridized carbons (Fsp3) is 0.222. The van der Waals surface area contributed by atoms with Crippen molar-refractivity contribution in [2.45, 2.75) is 26.9 Å². The summed E-state index contributed by atoms with van der Waals surface area (Å²) < 4.78 is 10.2. The summed E-state index contributed by atoms with van der Waals surface area (Å²) in [5.74, 6) is -0.256. The van der Waals surface area contributed by atoms with Crippen LogP contribution >= 0.6 is 0 Å². The Kier molecular flexibility index (Phi) is 4.94. The van der Waals surface area contributed by atoms with Crippen LogP contribution in [0, 0.1) is 13.8 Å². The number of aryl methyl sites for hydroxylation is 2. The first kappa shape index (κ1) is 15.8. The molecule has 0 bridgehead atoms. The molecule has 0 saturated heterocycles. The predicted molar refractivity (Wildman–Crippen MR) is 83.5 cm³/mol. The molecule has 2 aromatic rings. The summed E-state index contributed by atoms with van der Waals surface area (Å²) in [6.45, 7) is 5.48. The van der Waals surface area contributed by atoms with Gasteiger partial charge in [0.1, 0.15) is 5.76 Å². The van der Waals surface area contributed by atoms with E-state index in [1.807, 2.05) is 19.9 Å². The lowest BCUT2D eigenvalue weighted by atomic mass is 10.0. The zero-order valence-corrected chi connectivity index (χ0v) is 12.8. The molecule has 1 heterocycles. The summed E-state index contributed by atoms with van der Waals surface area (Å²) in [4.78, 5) is 24.0. The van der Waals surface area contributed by atoms with E-state index < -0.39 is 12.1 Å². The van der Waals surface area contributed by atoms with Crippen molar-refractivity contribution in [3.05, 3.63) is 65.1 Å². The number of hydrogen-bond acceptors (Lipinski definition) is 4. The maximum atomic E-state index is 12.3. The van der Waals surface area contributed by atoms with E-state index in [1.165, 1.54) is 18.4 Å². The summed E-state index contributed by atoms with van der Waals surface area (Å²) in [5, 5.41) is 0. The van der Waals surface area contributed by atoms with Gasteiger partial charge in [-0.15, -0.1) is 0 Å². The van der Waals surface area contributed by atoms with Crippen LogP contribution in [0.5, 0.6) is 0 Å². The lowest BCUT2D eigenvalue weighted by Gasteiger charge is -2.11. The van der Waals surface area contributed by atoms with E-state index in [0.717, 1.165) is 11.1 Å². The Labute approximate surface area is 129 Å². The maximum absolute atomic E-state index is 12.3. The van der Waals surface area contributed by atoms with Gasteiger partial charge >= 0.3 is 5.97 Å². The zero-order valence-electron chi connectivity index (χ0n) is 12.8. The minimum atomic E-state index is -0.837. The van der Waals surface area contributed by atoms with E-state index in [2.05, 4.69) is 0 Å². The van der Waals surface area contributed by atoms with Crippen molar-refractivity contribution in [3.63, 3.8) is 0 Å². The van der Waals surface area contributed by atoms with Crippen LogP contribution in [0.4, 0.5) is 0 Å². The molecule has 1 aromatic heterocycles. The molecule has 0 saturated carbocycles. The van der Waals surface area contributed by atoms with Crippen LogP contribution in [-0.4, -0.2) is 17.9 Å². The number of rotatable bonds is 5.